The van der Waals surface area contributed by atoms with Crippen molar-refractivity contribution >= 4 is 0 Å². The maximum atomic E-state index is 10.3. The molecular formula is C17H35NO. The van der Waals surface area contributed by atoms with Crippen molar-refractivity contribution in [2.45, 2.75) is 78.7 Å². The molecule has 1 N–H and O–H groups in total. The molecule has 2 nitrogen and oxygen atoms in total. The van der Waals surface area contributed by atoms with Crippen LogP contribution in [0.25, 0.3) is 0 Å². The Morgan fingerprint density at radius 1 is 1.11 bits per heavy atom. The topological polar surface area (TPSA) is 23.5 Å². The van der Waals surface area contributed by atoms with E-state index in [0.29, 0.717) is 11.3 Å². The Kier molecular flexibility index (Phi) is 7.38. The monoisotopic (exact) mass is 269 g/mol. The zero-order valence-electron chi connectivity index (χ0n) is 13.6. The Labute approximate surface area is 120 Å². The minimum Gasteiger partial charge on any atom is -0.393 e. The van der Waals surface area contributed by atoms with Gasteiger partial charge in [-0.15, -0.1) is 0 Å². The standard InChI is InChI=1S/C17H35NO/c1-5-7-11-18(12-8-6-2)14-15-13-17(3,4)10-9-16(15)19/h15-16,19H,5-14H2,1-4H3. The van der Waals surface area contributed by atoms with Crippen LogP contribution in [-0.4, -0.2) is 35.7 Å². The summed E-state index contributed by atoms with van der Waals surface area (Å²) >= 11 is 0. The van der Waals surface area contributed by atoms with Crippen molar-refractivity contribution < 1.29 is 5.11 Å². The normalized spacial score (nSPS) is 26.8. The molecule has 0 aliphatic heterocycles. The first-order valence-electron chi connectivity index (χ1n) is 8.39. The van der Waals surface area contributed by atoms with Crippen molar-refractivity contribution in [1.29, 1.82) is 0 Å². The third-order valence-corrected chi connectivity index (χ3v) is 4.62. The van der Waals surface area contributed by atoms with Crippen LogP contribution in [0.15, 0.2) is 0 Å². The summed E-state index contributed by atoms with van der Waals surface area (Å²) < 4.78 is 0. The Morgan fingerprint density at radius 2 is 1.68 bits per heavy atom. The Balaban J connectivity index is 2.49. The van der Waals surface area contributed by atoms with Crippen LogP contribution in [0.3, 0.4) is 0 Å². The lowest BCUT2D eigenvalue weighted by molar-refractivity contribution is 0.00383. The summed E-state index contributed by atoms with van der Waals surface area (Å²) in [6, 6.07) is 0. The molecule has 0 amide bonds. The van der Waals surface area contributed by atoms with Gasteiger partial charge in [0, 0.05) is 6.54 Å². The molecule has 0 aromatic carbocycles. The highest BCUT2D eigenvalue weighted by atomic mass is 16.3. The van der Waals surface area contributed by atoms with E-state index in [2.05, 4.69) is 32.6 Å². The fourth-order valence-corrected chi connectivity index (χ4v) is 3.30. The highest BCUT2D eigenvalue weighted by Gasteiger charge is 2.34. The van der Waals surface area contributed by atoms with Crippen molar-refractivity contribution in [3.05, 3.63) is 0 Å². The van der Waals surface area contributed by atoms with Crippen LogP contribution in [0.2, 0.25) is 0 Å². The van der Waals surface area contributed by atoms with Gasteiger partial charge in [-0.25, -0.2) is 0 Å². The Bertz CT molecular complexity index is 231. The molecule has 0 spiro atoms. The lowest BCUT2D eigenvalue weighted by Crippen LogP contribution is -2.41. The van der Waals surface area contributed by atoms with Crippen molar-refractivity contribution in [2.24, 2.45) is 11.3 Å². The summed E-state index contributed by atoms with van der Waals surface area (Å²) in [7, 11) is 0. The molecule has 2 atom stereocenters. The van der Waals surface area contributed by atoms with Gasteiger partial charge in [0.2, 0.25) is 0 Å². The number of unbranched alkanes of at least 4 members (excludes halogenated alkanes) is 2. The Hall–Kier alpha value is -0.0800. The molecule has 0 aromatic rings. The van der Waals surface area contributed by atoms with Crippen LogP contribution in [0.1, 0.15) is 72.6 Å². The summed E-state index contributed by atoms with van der Waals surface area (Å²) in [6.07, 6.45) is 8.39. The molecule has 0 radical (unpaired) electrons. The minimum absolute atomic E-state index is 0.0706. The van der Waals surface area contributed by atoms with E-state index in [0.717, 1.165) is 13.0 Å². The number of aliphatic hydroxyl groups excluding tert-OH is 1. The van der Waals surface area contributed by atoms with Gasteiger partial charge in [0.1, 0.15) is 0 Å². The average molecular weight is 269 g/mol. The van der Waals surface area contributed by atoms with Crippen LogP contribution in [0, 0.1) is 11.3 Å². The van der Waals surface area contributed by atoms with E-state index in [-0.39, 0.29) is 6.10 Å². The maximum Gasteiger partial charge on any atom is 0.0581 e. The molecule has 0 heterocycles. The number of rotatable bonds is 8. The number of hydrogen-bond acceptors (Lipinski definition) is 2. The predicted molar refractivity (Wildman–Crippen MR) is 83.4 cm³/mol. The van der Waals surface area contributed by atoms with Crippen molar-refractivity contribution in [3.63, 3.8) is 0 Å². The summed E-state index contributed by atoms with van der Waals surface area (Å²) in [6.45, 7) is 12.8. The van der Waals surface area contributed by atoms with Gasteiger partial charge in [-0.2, -0.15) is 0 Å². The van der Waals surface area contributed by atoms with E-state index >= 15 is 0 Å². The first-order chi connectivity index (χ1) is 8.98. The van der Waals surface area contributed by atoms with E-state index in [1.165, 1.54) is 51.6 Å². The van der Waals surface area contributed by atoms with Crippen LogP contribution in [0.4, 0.5) is 0 Å². The van der Waals surface area contributed by atoms with Gasteiger partial charge in [0.15, 0.2) is 0 Å². The van der Waals surface area contributed by atoms with Crippen molar-refractivity contribution in [2.75, 3.05) is 19.6 Å². The highest BCUT2D eigenvalue weighted by Crippen LogP contribution is 2.39. The molecule has 0 bridgehead atoms. The highest BCUT2D eigenvalue weighted by molar-refractivity contribution is 4.86. The zero-order valence-corrected chi connectivity index (χ0v) is 13.6. The zero-order chi connectivity index (χ0) is 14.3. The molecular weight excluding hydrogens is 234 g/mol. The lowest BCUT2D eigenvalue weighted by Gasteiger charge is -2.40. The first-order valence-corrected chi connectivity index (χ1v) is 8.39. The average Bonchev–Trinajstić information content (AvgIpc) is 2.36. The lowest BCUT2D eigenvalue weighted by atomic mass is 9.70. The van der Waals surface area contributed by atoms with Gasteiger partial charge in [0.05, 0.1) is 6.10 Å². The second kappa shape index (κ2) is 8.26. The van der Waals surface area contributed by atoms with E-state index in [1.807, 2.05) is 0 Å². The first kappa shape index (κ1) is 17.0. The fourth-order valence-electron chi connectivity index (χ4n) is 3.30. The quantitative estimate of drug-likeness (QED) is 0.718. The molecule has 0 saturated heterocycles. The number of aliphatic hydroxyl groups is 1. The third-order valence-electron chi connectivity index (χ3n) is 4.62. The van der Waals surface area contributed by atoms with Gasteiger partial charge in [-0.05, 0) is 56.5 Å². The molecule has 114 valence electrons. The number of nitrogens with zero attached hydrogens (tertiary/aromatic N) is 1. The third kappa shape index (κ3) is 6.27. The molecule has 1 saturated carbocycles. The smallest absolute Gasteiger partial charge is 0.0581 e. The predicted octanol–water partition coefficient (Wildman–Crippen LogP) is 4.08. The van der Waals surface area contributed by atoms with E-state index in [9.17, 15) is 5.11 Å². The van der Waals surface area contributed by atoms with Crippen LogP contribution < -0.4 is 0 Å². The summed E-state index contributed by atoms with van der Waals surface area (Å²) in [5.74, 6) is 0.484. The second-order valence-electron chi connectivity index (χ2n) is 7.24. The summed E-state index contributed by atoms with van der Waals surface area (Å²) in [4.78, 5) is 2.60. The summed E-state index contributed by atoms with van der Waals surface area (Å²) in [5, 5.41) is 10.3. The van der Waals surface area contributed by atoms with Crippen LogP contribution in [-0.2, 0) is 0 Å². The Morgan fingerprint density at radius 3 is 2.21 bits per heavy atom. The van der Waals surface area contributed by atoms with Crippen molar-refractivity contribution in [1.82, 2.24) is 4.90 Å². The van der Waals surface area contributed by atoms with Gasteiger partial charge < -0.3 is 10.0 Å². The van der Waals surface area contributed by atoms with Gasteiger partial charge >= 0.3 is 0 Å². The molecule has 1 rings (SSSR count). The number of hydrogen-bond donors (Lipinski definition) is 1. The molecule has 1 aliphatic rings. The van der Waals surface area contributed by atoms with Gasteiger partial charge in [-0.1, -0.05) is 40.5 Å². The van der Waals surface area contributed by atoms with Gasteiger partial charge in [0.25, 0.3) is 0 Å². The minimum atomic E-state index is -0.0706. The molecule has 19 heavy (non-hydrogen) atoms. The van der Waals surface area contributed by atoms with Gasteiger partial charge in [-0.3, -0.25) is 0 Å². The SMILES string of the molecule is CCCCN(CCCC)CC1CC(C)(C)CCC1O. The second-order valence-corrected chi connectivity index (χ2v) is 7.24. The van der Waals surface area contributed by atoms with E-state index in [1.54, 1.807) is 0 Å². The molecule has 2 unspecified atom stereocenters. The largest absolute Gasteiger partial charge is 0.393 e. The van der Waals surface area contributed by atoms with Crippen LogP contribution in [0.5, 0.6) is 0 Å². The molecule has 1 fully saturated rings. The van der Waals surface area contributed by atoms with E-state index in [4.69, 9.17) is 0 Å². The van der Waals surface area contributed by atoms with Crippen LogP contribution >= 0.6 is 0 Å². The summed E-state index contributed by atoms with van der Waals surface area (Å²) in [5.41, 5.74) is 0.422. The molecule has 1 aliphatic carbocycles. The van der Waals surface area contributed by atoms with E-state index < -0.39 is 0 Å². The fraction of sp³-hybridized carbons (Fsp3) is 1.00. The molecule has 0 aromatic heterocycles. The maximum absolute atomic E-state index is 10.3. The van der Waals surface area contributed by atoms with Crippen molar-refractivity contribution in [3.8, 4) is 0 Å². The molecule has 2 heteroatoms.